The molecule has 0 aliphatic rings. The minimum atomic E-state index is -0.330. The van der Waals surface area contributed by atoms with Crippen LogP contribution in [0.2, 0.25) is 5.02 Å². The first-order valence-electron chi connectivity index (χ1n) is 9.56. The molecule has 0 spiro atoms. The van der Waals surface area contributed by atoms with E-state index < -0.39 is 0 Å². The molecule has 0 atom stereocenters. The SMILES string of the molecule is CC(=O)N(c1nc(CSc2nnc(-c3ccc(F)cc3)o2)cs1)c1c(C)cc(C)cc1Cl. The molecule has 0 saturated carbocycles. The van der Waals surface area contributed by atoms with E-state index in [1.807, 2.05) is 31.4 Å². The Hall–Kier alpha value is -2.75. The Bertz CT molecular complexity index is 1250. The van der Waals surface area contributed by atoms with Crippen molar-refractivity contribution in [2.45, 2.75) is 31.7 Å². The van der Waals surface area contributed by atoms with Crippen molar-refractivity contribution in [1.29, 1.82) is 0 Å². The van der Waals surface area contributed by atoms with Crippen molar-refractivity contribution in [3.63, 3.8) is 0 Å². The minimum Gasteiger partial charge on any atom is -0.411 e. The lowest BCUT2D eigenvalue weighted by molar-refractivity contribution is -0.115. The van der Waals surface area contributed by atoms with Gasteiger partial charge in [-0.15, -0.1) is 21.5 Å². The first kappa shape index (κ1) is 22.4. The van der Waals surface area contributed by atoms with Crippen LogP contribution in [0.4, 0.5) is 15.2 Å². The highest BCUT2D eigenvalue weighted by Crippen LogP contribution is 2.38. The summed E-state index contributed by atoms with van der Waals surface area (Å²) >= 11 is 9.15. The summed E-state index contributed by atoms with van der Waals surface area (Å²) in [6.45, 7) is 5.36. The molecule has 2 aromatic carbocycles. The number of anilines is 2. The van der Waals surface area contributed by atoms with Crippen LogP contribution in [0.3, 0.4) is 0 Å². The van der Waals surface area contributed by atoms with E-state index in [0.717, 1.165) is 16.8 Å². The van der Waals surface area contributed by atoms with Gasteiger partial charge in [0.05, 0.1) is 16.4 Å². The molecule has 32 heavy (non-hydrogen) atoms. The van der Waals surface area contributed by atoms with Gasteiger partial charge in [0.1, 0.15) is 5.82 Å². The molecule has 0 aliphatic heterocycles. The fourth-order valence-electron chi connectivity index (χ4n) is 3.16. The van der Waals surface area contributed by atoms with Crippen LogP contribution in [0.15, 0.2) is 51.4 Å². The van der Waals surface area contributed by atoms with Crippen LogP contribution in [-0.4, -0.2) is 21.1 Å². The molecule has 1 amide bonds. The second-order valence-electron chi connectivity index (χ2n) is 7.06. The van der Waals surface area contributed by atoms with Crippen LogP contribution >= 0.6 is 34.7 Å². The summed E-state index contributed by atoms with van der Waals surface area (Å²) in [4.78, 5) is 18.6. The standard InChI is InChI=1S/C22H18ClFN4O2S2/c1-12-8-13(2)19(18(23)9-12)28(14(3)29)21-25-17(10-31-21)11-32-22-27-26-20(30-22)15-4-6-16(24)7-5-15/h4-10H,11H2,1-3H3. The highest BCUT2D eigenvalue weighted by Gasteiger charge is 2.23. The molecule has 6 nitrogen and oxygen atoms in total. The minimum absolute atomic E-state index is 0.173. The first-order chi connectivity index (χ1) is 15.3. The monoisotopic (exact) mass is 488 g/mol. The van der Waals surface area contributed by atoms with E-state index in [4.69, 9.17) is 16.0 Å². The van der Waals surface area contributed by atoms with Crippen molar-refractivity contribution in [2.24, 2.45) is 0 Å². The van der Waals surface area contributed by atoms with E-state index in [1.165, 1.54) is 47.1 Å². The van der Waals surface area contributed by atoms with Gasteiger partial charge in [-0.25, -0.2) is 9.37 Å². The third-order valence-electron chi connectivity index (χ3n) is 4.51. The van der Waals surface area contributed by atoms with E-state index in [2.05, 4.69) is 15.2 Å². The summed E-state index contributed by atoms with van der Waals surface area (Å²) in [6.07, 6.45) is 0. The average Bonchev–Trinajstić information content (AvgIpc) is 3.39. The second-order valence-corrected chi connectivity index (χ2v) is 9.23. The van der Waals surface area contributed by atoms with Crippen LogP contribution < -0.4 is 4.90 Å². The zero-order chi connectivity index (χ0) is 22.8. The summed E-state index contributed by atoms with van der Waals surface area (Å²) in [6, 6.07) is 9.66. The summed E-state index contributed by atoms with van der Waals surface area (Å²) in [5.41, 5.74) is 3.97. The molecule has 0 unspecified atom stereocenters. The van der Waals surface area contributed by atoms with Crippen LogP contribution in [0, 0.1) is 19.7 Å². The van der Waals surface area contributed by atoms with Crippen LogP contribution in [0.1, 0.15) is 23.7 Å². The van der Waals surface area contributed by atoms with Gasteiger partial charge in [-0.05, 0) is 55.3 Å². The third-order valence-corrected chi connectivity index (χ3v) is 6.52. The highest BCUT2D eigenvalue weighted by atomic mass is 35.5. The largest absolute Gasteiger partial charge is 0.411 e. The molecule has 0 fully saturated rings. The molecule has 0 radical (unpaired) electrons. The number of thiazole rings is 1. The predicted molar refractivity (Wildman–Crippen MR) is 125 cm³/mol. The third kappa shape index (κ3) is 4.85. The van der Waals surface area contributed by atoms with E-state index in [1.54, 1.807) is 12.1 Å². The number of carbonyl (C=O) groups is 1. The molecule has 0 saturated heterocycles. The number of amides is 1. The van der Waals surface area contributed by atoms with Crippen LogP contribution in [0.25, 0.3) is 11.5 Å². The zero-order valence-electron chi connectivity index (χ0n) is 17.4. The Balaban J connectivity index is 1.50. The summed E-state index contributed by atoms with van der Waals surface area (Å²) in [7, 11) is 0. The Morgan fingerprint density at radius 2 is 1.97 bits per heavy atom. The van der Waals surface area contributed by atoms with E-state index >= 15 is 0 Å². The number of thioether (sulfide) groups is 1. The van der Waals surface area contributed by atoms with Crippen LogP contribution in [-0.2, 0) is 10.5 Å². The number of aromatic nitrogens is 3. The normalized spacial score (nSPS) is 11.0. The average molecular weight is 489 g/mol. The van der Waals surface area contributed by atoms with Gasteiger partial charge in [-0.1, -0.05) is 29.4 Å². The van der Waals surface area contributed by atoms with Gasteiger partial charge in [-0.2, -0.15) is 0 Å². The lowest BCUT2D eigenvalue weighted by Gasteiger charge is -2.22. The number of rotatable bonds is 6. The molecule has 2 aromatic heterocycles. The van der Waals surface area contributed by atoms with Crippen molar-refractivity contribution in [3.05, 3.63) is 69.4 Å². The molecular formula is C22H18ClFN4O2S2. The van der Waals surface area contributed by atoms with E-state index in [9.17, 15) is 9.18 Å². The van der Waals surface area contributed by atoms with Gasteiger partial charge in [-0.3, -0.25) is 9.69 Å². The Labute approximate surface area is 197 Å². The van der Waals surface area contributed by atoms with Gasteiger partial charge in [0, 0.05) is 23.6 Å². The molecular weight excluding hydrogens is 471 g/mol. The number of aryl methyl sites for hydroxylation is 2. The van der Waals surface area contributed by atoms with Crippen molar-refractivity contribution in [1.82, 2.24) is 15.2 Å². The number of halogens is 2. The maximum Gasteiger partial charge on any atom is 0.277 e. The van der Waals surface area contributed by atoms with Gasteiger partial charge < -0.3 is 4.42 Å². The highest BCUT2D eigenvalue weighted by molar-refractivity contribution is 7.98. The molecule has 0 aliphatic carbocycles. The van der Waals surface area contributed by atoms with Crippen molar-refractivity contribution in [2.75, 3.05) is 4.90 Å². The summed E-state index contributed by atoms with van der Waals surface area (Å²) in [5, 5.41) is 11.3. The Morgan fingerprint density at radius 1 is 1.22 bits per heavy atom. The van der Waals surface area contributed by atoms with E-state index in [0.29, 0.717) is 38.3 Å². The van der Waals surface area contributed by atoms with E-state index in [-0.39, 0.29) is 11.7 Å². The second kappa shape index (κ2) is 9.40. The molecule has 2 heterocycles. The molecule has 4 aromatic rings. The number of benzene rings is 2. The number of hydrogen-bond acceptors (Lipinski definition) is 7. The van der Waals surface area contributed by atoms with Crippen LogP contribution in [0.5, 0.6) is 0 Å². The summed E-state index contributed by atoms with van der Waals surface area (Å²) in [5.74, 6) is 0.296. The van der Waals surface area contributed by atoms with Gasteiger partial charge in [0.2, 0.25) is 11.8 Å². The van der Waals surface area contributed by atoms with Crippen molar-refractivity contribution in [3.8, 4) is 11.5 Å². The maximum absolute atomic E-state index is 13.1. The predicted octanol–water partition coefficient (Wildman–Crippen LogP) is 6.58. The summed E-state index contributed by atoms with van der Waals surface area (Å²) < 4.78 is 18.7. The Kier molecular flexibility index (Phi) is 6.59. The molecule has 164 valence electrons. The number of nitrogens with zero attached hydrogens (tertiary/aromatic N) is 4. The quantitative estimate of drug-likeness (QED) is 0.285. The van der Waals surface area contributed by atoms with Gasteiger partial charge in [0.25, 0.3) is 5.22 Å². The number of hydrogen-bond donors (Lipinski definition) is 0. The fraction of sp³-hybridized carbons (Fsp3) is 0.182. The topological polar surface area (TPSA) is 72.1 Å². The lowest BCUT2D eigenvalue weighted by Crippen LogP contribution is -2.24. The van der Waals surface area contributed by atoms with Crippen molar-refractivity contribution < 1.29 is 13.6 Å². The number of carbonyl (C=O) groups excluding carboxylic acids is 1. The smallest absolute Gasteiger partial charge is 0.277 e. The Morgan fingerprint density at radius 3 is 2.66 bits per heavy atom. The lowest BCUT2D eigenvalue weighted by atomic mass is 10.1. The van der Waals surface area contributed by atoms with Crippen molar-refractivity contribution >= 4 is 51.4 Å². The molecule has 4 rings (SSSR count). The molecule has 10 heteroatoms. The van der Waals surface area contributed by atoms with Gasteiger partial charge >= 0.3 is 0 Å². The maximum atomic E-state index is 13.1. The van der Waals surface area contributed by atoms with Gasteiger partial charge in [0.15, 0.2) is 5.13 Å². The molecule has 0 bridgehead atoms. The first-order valence-corrected chi connectivity index (χ1v) is 11.8. The molecule has 0 N–H and O–H groups in total. The zero-order valence-corrected chi connectivity index (χ0v) is 19.8. The fourth-order valence-corrected chi connectivity index (χ4v) is 5.20.